The molecular formula is C41H26N2. The number of benzene rings is 7. The zero-order valence-electron chi connectivity index (χ0n) is 23.4. The Morgan fingerprint density at radius 1 is 0.349 bits per heavy atom. The summed E-state index contributed by atoms with van der Waals surface area (Å²) < 4.78 is 2.37. The number of para-hydroxylation sites is 1. The molecule has 2 nitrogen and oxygen atoms in total. The third kappa shape index (κ3) is 3.70. The van der Waals surface area contributed by atoms with Crippen LogP contribution in [0.25, 0.3) is 82.3 Å². The fourth-order valence-electron chi connectivity index (χ4n) is 6.76. The number of fused-ring (bicyclic) bond motifs is 9. The summed E-state index contributed by atoms with van der Waals surface area (Å²) in [6.07, 6.45) is 0. The standard InChI is InChI=1S/C41H26N2/c1-2-10-27(11-3-1)29-20-25-40-37(26-29)34-15-8-9-17-39(34)43(40)30-21-18-28(19-22-30)38-24-23-36-33-14-5-4-12-31(33)32-13-6-7-16-35(32)41(36)42-38/h1-26H. The van der Waals surface area contributed by atoms with E-state index in [-0.39, 0.29) is 0 Å². The third-order valence-corrected chi connectivity index (χ3v) is 8.79. The van der Waals surface area contributed by atoms with Gasteiger partial charge in [0.2, 0.25) is 0 Å². The highest BCUT2D eigenvalue weighted by molar-refractivity contribution is 6.24. The summed E-state index contributed by atoms with van der Waals surface area (Å²) in [5.41, 5.74) is 9.15. The Balaban J connectivity index is 1.18. The molecule has 0 amide bonds. The molecule has 2 heterocycles. The zero-order chi connectivity index (χ0) is 28.3. The van der Waals surface area contributed by atoms with Crippen LogP contribution in [-0.2, 0) is 0 Å². The van der Waals surface area contributed by atoms with Crippen molar-refractivity contribution in [3.05, 3.63) is 158 Å². The predicted molar refractivity (Wildman–Crippen MR) is 182 cm³/mol. The summed E-state index contributed by atoms with van der Waals surface area (Å²) in [5.74, 6) is 0. The number of nitrogens with zero attached hydrogens (tertiary/aromatic N) is 2. The van der Waals surface area contributed by atoms with Gasteiger partial charge in [-0.1, -0.05) is 115 Å². The van der Waals surface area contributed by atoms with E-state index in [0.717, 1.165) is 22.5 Å². The molecule has 0 aliphatic heterocycles. The fourth-order valence-corrected chi connectivity index (χ4v) is 6.76. The molecule has 0 spiro atoms. The second-order valence-electron chi connectivity index (χ2n) is 11.2. The van der Waals surface area contributed by atoms with Crippen molar-refractivity contribution in [1.29, 1.82) is 0 Å². The molecule has 0 bridgehead atoms. The lowest BCUT2D eigenvalue weighted by Gasteiger charge is -2.12. The lowest BCUT2D eigenvalue weighted by atomic mass is 9.96. The molecule has 0 aliphatic carbocycles. The van der Waals surface area contributed by atoms with Gasteiger partial charge in [0.25, 0.3) is 0 Å². The van der Waals surface area contributed by atoms with Gasteiger partial charge in [-0.2, -0.15) is 0 Å². The maximum atomic E-state index is 5.25. The average molecular weight is 547 g/mol. The highest BCUT2D eigenvalue weighted by Gasteiger charge is 2.14. The van der Waals surface area contributed by atoms with Gasteiger partial charge in [0, 0.05) is 32.8 Å². The summed E-state index contributed by atoms with van der Waals surface area (Å²) >= 11 is 0. The molecular weight excluding hydrogens is 520 g/mol. The molecule has 0 saturated heterocycles. The van der Waals surface area contributed by atoms with Crippen molar-refractivity contribution in [1.82, 2.24) is 9.55 Å². The largest absolute Gasteiger partial charge is 0.309 e. The van der Waals surface area contributed by atoms with E-state index >= 15 is 0 Å². The quantitative estimate of drug-likeness (QED) is 0.202. The van der Waals surface area contributed by atoms with Crippen LogP contribution in [-0.4, -0.2) is 9.55 Å². The van der Waals surface area contributed by atoms with E-state index in [1.807, 2.05) is 0 Å². The Morgan fingerprint density at radius 2 is 0.907 bits per heavy atom. The van der Waals surface area contributed by atoms with E-state index < -0.39 is 0 Å². The monoisotopic (exact) mass is 546 g/mol. The Hall–Kier alpha value is -5.73. The van der Waals surface area contributed by atoms with Gasteiger partial charge < -0.3 is 4.57 Å². The lowest BCUT2D eigenvalue weighted by molar-refractivity contribution is 1.18. The molecule has 0 atom stereocenters. The molecule has 0 radical (unpaired) electrons. The Bertz CT molecular complexity index is 2450. The van der Waals surface area contributed by atoms with E-state index in [4.69, 9.17) is 4.98 Å². The molecule has 2 aromatic heterocycles. The van der Waals surface area contributed by atoms with Gasteiger partial charge in [-0.3, -0.25) is 0 Å². The van der Waals surface area contributed by atoms with Crippen molar-refractivity contribution in [2.24, 2.45) is 0 Å². The minimum absolute atomic E-state index is 0.981. The van der Waals surface area contributed by atoms with Crippen LogP contribution in [0.4, 0.5) is 0 Å². The van der Waals surface area contributed by atoms with E-state index in [1.54, 1.807) is 0 Å². The molecule has 43 heavy (non-hydrogen) atoms. The van der Waals surface area contributed by atoms with Gasteiger partial charge in [-0.25, -0.2) is 4.98 Å². The van der Waals surface area contributed by atoms with Crippen LogP contribution >= 0.6 is 0 Å². The first-order chi connectivity index (χ1) is 21.3. The van der Waals surface area contributed by atoms with Gasteiger partial charge in [-0.15, -0.1) is 0 Å². The summed E-state index contributed by atoms with van der Waals surface area (Å²) in [7, 11) is 0. The Morgan fingerprint density at radius 3 is 1.65 bits per heavy atom. The van der Waals surface area contributed by atoms with Crippen molar-refractivity contribution in [2.75, 3.05) is 0 Å². The average Bonchev–Trinajstić information content (AvgIpc) is 3.42. The summed E-state index contributed by atoms with van der Waals surface area (Å²) in [5, 5.41) is 8.65. The van der Waals surface area contributed by atoms with E-state index in [2.05, 4.69) is 162 Å². The van der Waals surface area contributed by atoms with Crippen LogP contribution in [0.5, 0.6) is 0 Å². The maximum Gasteiger partial charge on any atom is 0.0794 e. The molecule has 0 saturated carbocycles. The predicted octanol–water partition coefficient (Wildman–Crippen LogP) is 11.0. The molecule has 0 N–H and O–H groups in total. The molecule has 7 aromatic carbocycles. The molecule has 9 aromatic rings. The van der Waals surface area contributed by atoms with Crippen LogP contribution in [0.2, 0.25) is 0 Å². The highest BCUT2D eigenvalue weighted by atomic mass is 15.0. The SMILES string of the molecule is c1ccc(-c2ccc3c(c2)c2ccccc2n3-c2ccc(-c3ccc4c5ccccc5c5ccccc5c4n3)cc2)cc1. The topological polar surface area (TPSA) is 17.8 Å². The first-order valence-corrected chi connectivity index (χ1v) is 14.7. The molecule has 0 aliphatic rings. The van der Waals surface area contributed by atoms with Gasteiger partial charge in [0.1, 0.15) is 0 Å². The van der Waals surface area contributed by atoms with E-state index in [9.17, 15) is 0 Å². The van der Waals surface area contributed by atoms with Crippen LogP contribution in [0.1, 0.15) is 0 Å². The fraction of sp³-hybridized carbons (Fsp3) is 0. The molecule has 200 valence electrons. The van der Waals surface area contributed by atoms with Gasteiger partial charge in [-0.05, 0) is 69.8 Å². The molecule has 0 fully saturated rings. The van der Waals surface area contributed by atoms with Crippen LogP contribution < -0.4 is 0 Å². The van der Waals surface area contributed by atoms with Crippen LogP contribution in [0.15, 0.2) is 158 Å². The maximum absolute atomic E-state index is 5.25. The van der Waals surface area contributed by atoms with Gasteiger partial charge >= 0.3 is 0 Å². The third-order valence-electron chi connectivity index (χ3n) is 8.79. The van der Waals surface area contributed by atoms with E-state index in [0.29, 0.717) is 0 Å². The van der Waals surface area contributed by atoms with Crippen LogP contribution in [0.3, 0.4) is 0 Å². The molecule has 9 rings (SSSR count). The summed E-state index contributed by atoms with van der Waals surface area (Å²) in [6, 6.07) is 56.6. The Kier molecular flexibility index (Phi) is 5.23. The van der Waals surface area contributed by atoms with Crippen molar-refractivity contribution in [3.8, 4) is 28.1 Å². The number of hydrogen-bond donors (Lipinski definition) is 0. The van der Waals surface area contributed by atoms with Crippen molar-refractivity contribution < 1.29 is 0 Å². The first kappa shape index (κ1) is 23.9. The minimum Gasteiger partial charge on any atom is -0.309 e. The smallest absolute Gasteiger partial charge is 0.0794 e. The lowest BCUT2D eigenvalue weighted by Crippen LogP contribution is -1.94. The van der Waals surface area contributed by atoms with Crippen molar-refractivity contribution in [2.45, 2.75) is 0 Å². The van der Waals surface area contributed by atoms with Gasteiger partial charge in [0.05, 0.1) is 22.2 Å². The zero-order valence-corrected chi connectivity index (χ0v) is 23.4. The number of pyridine rings is 1. The number of hydrogen-bond acceptors (Lipinski definition) is 1. The molecule has 2 heteroatoms. The second kappa shape index (κ2) is 9.40. The Labute approximate surface area is 249 Å². The second-order valence-corrected chi connectivity index (χ2v) is 11.2. The summed E-state index contributed by atoms with van der Waals surface area (Å²) in [4.78, 5) is 5.25. The van der Waals surface area contributed by atoms with Crippen molar-refractivity contribution >= 4 is 54.3 Å². The summed E-state index contributed by atoms with van der Waals surface area (Å²) in [6.45, 7) is 0. The highest BCUT2D eigenvalue weighted by Crippen LogP contribution is 2.37. The number of aromatic nitrogens is 2. The normalized spacial score (nSPS) is 11.7. The van der Waals surface area contributed by atoms with Crippen molar-refractivity contribution in [3.63, 3.8) is 0 Å². The van der Waals surface area contributed by atoms with E-state index in [1.165, 1.54) is 59.9 Å². The van der Waals surface area contributed by atoms with Crippen LogP contribution in [0, 0.1) is 0 Å². The number of rotatable bonds is 3. The minimum atomic E-state index is 0.981. The first-order valence-electron chi connectivity index (χ1n) is 14.7. The van der Waals surface area contributed by atoms with Gasteiger partial charge in [0.15, 0.2) is 0 Å². The molecule has 0 unspecified atom stereocenters.